The minimum atomic E-state index is 0.623. The number of thiophene rings is 1. The Morgan fingerprint density at radius 2 is 2.35 bits per heavy atom. The van der Waals surface area contributed by atoms with Crippen LogP contribution in [-0.4, -0.2) is 23.6 Å². The van der Waals surface area contributed by atoms with Gasteiger partial charge in [0.2, 0.25) is 0 Å². The molecule has 3 N–H and O–H groups in total. The normalized spacial score (nSPS) is 10.2. The van der Waals surface area contributed by atoms with Gasteiger partial charge in [-0.3, -0.25) is 0 Å². The summed E-state index contributed by atoms with van der Waals surface area (Å²) in [7, 11) is 2.01. The molecule has 17 heavy (non-hydrogen) atoms. The third-order valence-electron chi connectivity index (χ3n) is 2.47. The van der Waals surface area contributed by atoms with Crippen LogP contribution in [0.15, 0.2) is 29.9 Å². The summed E-state index contributed by atoms with van der Waals surface area (Å²) in [6, 6.07) is 6.04. The second-order valence-corrected chi connectivity index (χ2v) is 4.69. The van der Waals surface area contributed by atoms with E-state index in [-0.39, 0.29) is 0 Å². The Bertz CT molecular complexity index is 457. The molecule has 0 aromatic carbocycles. The van der Waals surface area contributed by atoms with Gasteiger partial charge in [-0.05, 0) is 17.9 Å². The third kappa shape index (κ3) is 3.15. The Morgan fingerprint density at radius 1 is 1.47 bits per heavy atom. The highest BCUT2D eigenvalue weighted by Gasteiger charge is 2.04. The number of hydrogen-bond donors (Lipinski definition) is 2. The molecule has 2 aromatic rings. The van der Waals surface area contributed by atoms with E-state index in [0.717, 1.165) is 18.8 Å². The Balaban J connectivity index is 1.96. The van der Waals surface area contributed by atoms with Crippen LogP contribution in [0.5, 0.6) is 0 Å². The number of rotatable bonds is 5. The Morgan fingerprint density at radius 3 is 3.06 bits per heavy atom. The van der Waals surface area contributed by atoms with E-state index in [1.54, 1.807) is 11.3 Å². The van der Waals surface area contributed by atoms with E-state index in [1.165, 1.54) is 11.2 Å². The van der Waals surface area contributed by atoms with Gasteiger partial charge < -0.3 is 10.3 Å². The van der Waals surface area contributed by atoms with Crippen LogP contribution in [0.1, 0.15) is 4.88 Å². The van der Waals surface area contributed by atoms with Gasteiger partial charge in [0, 0.05) is 24.5 Å². The fourth-order valence-electron chi connectivity index (χ4n) is 1.48. The summed E-state index contributed by atoms with van der Waals surface area (Å²) in [5.41, 5.74) is 2.52. The molecule has 2 heterocycles. The van der Waals surface area contributed by atoms with E-state index >= 15 is 0 Å². The lowest BCUT2D eigenvalue weighted by atomic mass is 10.3. The summed E-state index contributed by atoms with van der Waals surface area (Å²) in [5, 5.41) is 2.09. The summed E-state index contributed by atoms with van der Waals surface area (Å²) in [4.78, 5) is 11.7. The lowest BCUT2D eigenvalue weighted by molar-refractivity contribution is 0.864. The van der Waals surface area contributed by atoms with Crippen LogP contribution in [0.25, 0.3) is 0 Å². The number of aromatic nitrogens is 2. The maximum atomic E-state index is 5.31. The molecule has 0 fully saturated rings. The van der Waals surface area contributed by atoms with Crippen LogP contribution in [0.2, 0.25) is 0 Å². The van der Waals surface area contributed by atoms with Gasteiger partial charge in [0.25, 0.3) is 0 Å². The summed E-state index contributed by atoms with van der Waals surface area (Å²) < 4.78 is 0. The molecule has 0 saturated heterocycles. The third-order valence-corrected chi connectivity index (χ3v) is 3.40. The fourth-order valence-corrected chi connectivity index (χ4v) is 2.18. The molecule has 0 saturated carbocycles. The summed E-state index contributed by atoms with van der Waals surface area (Å²) in [6.45, 7) is 0.918. The zero-order valence-electron chi connectivity index (χ0n) is 9.63. The van der Waals surface area contributed by atoms with Crippen molar-refractivity contribution in [3.8, 4) is 0 Å². The van der Waals surface area contributed by atoms with Crippen LogP contribution in [0, 0.1) is 0 Å². The number of nitrogen functional groups attached to an aromatic ring is 1. The second-order valence-electron chi connectivity index (χ2n) is 3.66. The largest absolute Gasteiger partial charge is 0.359 e. The molecule has 0 unspecified atom stereocenters. The van der Waals surface area contributed by atoms with Gasteiger partial charge in [-0.2, -0.15) is 0 Å². The predicted molar refractivity (Wildman–Crippen MR) is 71.1 cm³/mol. The maximum absolute atomic E-state index is 5.31. The predicted octanol–water partition coefficient (Wildman–Crippen LogP) is 1.50. The molecule has 0 atom stereocenters. The van der Waals surface area contributed by atoms with Gasteiger partial charge in [-0.25, -0.2) is 15.8 Å². The van der Waals surface area contributed by atoms with Gasteiger partial charge in [-0.1, -0.05) is 6.07 Å². The Labute approximate surface area is 104 Å². The van der Waals surface area contributed by atoms with Gasteiger partial charge in [0.05, 0.1) is 0 Å². The number of hydrazine groups is 1. The molecule has 0 radical (unpaired) electrons. The first kappa shape index (κ1) is 11.8. The highest BCUT2D eigenvalue weighted by Crippen LogP contribution is 2.14. The SMILES string of the molecule is CN(CCc1cccs1)c1cc(NN)ncn1. The van der Waals surface area contributed by atoms with Crippen molar-refractivity contribution in [1.29, 1.82) is 0 Å². The van der Waals surface area contributed by atoms with Crippen molar-refractivity contribution in [3.05, 3.63) is 34.8 Å². The van der Waals surface area contributed by atoms with E-state index in [2.05, 4.69) is 37.8 Å². The van der Waals surface area contributed by atoms with Gasteiger partial charge >= 0.3 is 0 Å². The number of nitrogens with one attached hydrogen (secondary N) is 1. The molecule has 0 spiro atoms. The lowest BCUT2D eigenvalue weighted by Gasteiger charge is -2.17. The molecule has 2 rings (SSSR count). The molecular formula is C11H15N5S. The zero-order chi connectivity index (χ0) is 12.1. The molecule has 90 valence electrons. The lowest BCUT2D eigenvalue weighted by Crippen LogP contribution is -2.21. The number of hydrogen-bond acceptors (Lipinski definition) is 6. The van der Waals surface area contributed by atoms with Crippen molar-refractivity contribution in [3.63, 3.8) is 0 Å². The molecule has 2 aromatic heterocycles. The number of likely N-dealkylation sites (N-methyl/N-ethyl adjacent to an activating group) is 1. The second kappa shape index (κ2) is 5.60. The first-order valence-corrected chi connectivity index (χ1v) is 6.20. The molecule has 5 nitrogen and oxygen atoms in total. The minimum Gasteiger partial charge on any atom is -0.359 e. The van der Waals surface area contributed by atoms with Crippen molar-refractivity contribution in [2.24, 2.45) is 5.84 Å². The first-order chi connectivity index (χ1) is 8.29. The summed E-state index contributed by atoms with van der Waals surface area (Å²) >= 11 is 1.78. The average Bonchev–Trinajstić information content (AvgIpc) is 2.89. The van der Waals surface area contributed by atoms with Crippen LogP contribution < -0.4 is 16.2 Å². The van der Waals surface area contributed by atoms with Gasteiger partial charge in [-0.15, -0.1) is 11.3 Å². The number of anilines is 2. The monoisotopic (exact) mass is 249 g/mol. The molecule has 0 amide bonds. The highest BCUT2D eigenvalue weighted by atomic mass is 32.1. The average molecular weight is 249 g/mol. The van der Waals surface area contributed by atoms with Crippen LogP contribution in [0.3, 0.4) is 0 Å². The van der Waals surface area contributed by atoms with Crippen LogP contribution >= 0.6 is 11.3 Å². The van der Waals surface area contributed by atoms with E-state index in [9.17, 15) is 0 Å². The molecular weight excluding hydrogens is 234 g/mol. The van der Waals surface area contributed by atoms with Crippen molar-refractivity contribution >= 4 is 23.0 Å². The molecule has 6 heteroatoms. The number of nitrogens with zero attached hydrogens (tertiary/aromatic N) is 3. The number of nitrogens with two attached hydrogens (primary N) is 1. The van der Waals surface area contributed by atoms with E-state index in [0.29, 0.717) is 5.82 Å². The summed E-state index contributed by atoms with van der Waals surface area (Å²) in [5.74, 6) is 6.80. The maximum Gasteiger partial charge on any atom is 0.145 e. The van der Waals surface area contributed by atoms with Gasteiger partial charge in [0.15, 0.2) is 0 Å². The Hall–Kier alpha value is -1.66. The molecule has 0 aliphatic carbocycles. The van der Waals surface area contributed by atoms with E-state index in [1.807, 2.05) is 13.1 Å². The first-order valence-electron chi connectivity index (χ1n) is 5.32. The molecule has 0 aliphatic heterocycles. The zero-order valence-corrected chi connectivity index (χ0v) is 10.4. The molecule has 0 bridgehead atoms. The minimum absolute atomic E-state index is 0.623. The van der Waals surface area contributed by atoms with Crippen molar-refractivity contribution in [1.82, 2.24) is 9.97 Å². The quantitative estimate of drug-likeness (QED) is 0.621. The smallest absolute Gasteiger partial charge is 0.145 e. The molecule has 0 aliphatic rings. The van der Waals surface area contributed by atoms with Crippen molar-refractivity contribution in [2.75, 3.05) is 23.9 Å². The summed E-state index contributed by atoms with van der Waals surface area (Å²) in [6.07, 6.45) is 2.52. The topological polar surface area (TPSA) is 67.1 Å². The van der Waals surface area contributed by atoms with Crippen LogP contribution in [-0.2, 0) is 6.42 Å². The van der Waals surface area contributed by atoms with Crippen molar-refractivity contribution < 1.29 is 0 Å². The van der Waals surface area contributed by atoms with Gasteiger partial charge in [0.1, 0.15) is 18.0 Å². The van der Waals surface area contributed by atoms with E-state index < -0.39 is 0 Å². The fraction of sp³-hybridized carbons (Fsp3) is 0.273. The Kier molecular flexibility index (Phi) is 3.89. The van der Waals surface area contributed by atoms with E-state index in [4.69, 9.17) is 5.84 Å². The highest BCUT2D eigenvalue weighted by molar-refractivity contribution is 7.09. The standard InChI is InChI=1S/C11H15N5S/c1-16(5-4-9-3-2-6-17-9)11-7-10(15-12)13-8-14-11/h2-3,6-8H,4-5,12H2,1H3,(H,13,14,15). The van der Waals surface area contributed by atoms with Crippen LogP contribution in [0.4, 0.5) is 11.6 Å². The van der Waals surface area contributed by atoms with Crippen molar-refractivity contribution in [2.45, 2.75) is 6.42 Å².